The highest BCUT2D eigenvalue weighted by Gasteiger charge is 2.14. The number of carbonyl (C=O) groups excluding carboxylic acids is 1. The Hall–Kier alpha value is -1.64. The Morgan fingerprint density at radius 3 is 2.65 bits per heavy atom. The molecule has 0 amide bonds. The molecule has 0 bridgehead atoms. The van der Waals surface area contributed by atoms with Crippen molar-refractivity contribution >= 4 is 16.8 Å². The first-order valence-corrected chi connectivity index (χ1v) is 7.54. The number of nitrogens with one attached hydrogen (secondary N) is 1. The van der Waals surface area contributed by atoms with Gasteiger partial charge in [-0.15, -0.1) is 0 Å². The van der Waals surface area contributed by atoms with Gasteiger partial charge in [0.1, 0.15) is 5.82 Å². The molecular formula is C17H24N2O. The maximum atomic E-state index is 11.8. The van der Waals surface area contributed by atoms with Crippen LogP contribution in [-0.4, -0.2) is 15.8 Å². The number of aromatic nitrogens is 2. The molecule has 108 valence electrons. The van der Waals surface area contributed by atoms with E-state index in [0.717, 1.165) is 40.8 Å². The highest BCUT2D eigenvalue weighted by atomic mass is 16.1. The topological polar surface area (TPSA) is 45.8 Å². The maximum absolute atomic E-state index is 11.8. The number of imidazole rings is 1. The standard InChI is InChI=1S/C17H24N2O/c1-5-6-7-8-9-15-18-16-12(3)11(2)10-14(13(4)20)17(16)19-15/h10H,5-9H2,1-4H3,(H,18,19). The summed E-state index contributed by atoms with van der Waals surface area (Å²) in [7, 11) is 0. The Labute approximate surface area is 120 Å². The van der Waals surface area contributed by atoms with E-state index in [0.29, 0.717) is 0 Å². The lowest BCUT2D eigenvalue weighted by Gasteiger charge is -2.04. The predicted octanol–water partition coefficient (Wildman–Crippen LogP) is 4.51. The Bertz CT molecular complexity index is 625. The summed E-state index contributed by atoms with van der Waals surface area (Å²) in [5, 5.41) is 0. The molecule has 0 saturated heterocycles. The van der Waals surface area contributed by atoms with Crippen LogP contribution in [0, 0.1) is 13.8 Å². The number of nitrogens with zero attached hydrogens (tertiary/aromatic N) is 1. The first-order chi connectivity index (χ1) is 9.54. The van der Waals surface area contributed by atoms with Crippen LogP contribution in [0.1, 0.15) is 66.8 Å². The molecule has 1 aromatic carbocycles. The van der Waals surface area contributed by atoms with Gasteiger partial charge in [0, 0.05) is 12.0 Å². The molecule has 0 unspecified atom stereocenters. The van der Waals surface area contributed by atoms with Gasteiger partial charge in [0.05, 0.1) is 11.0 Å². The lowest BCUT2D eigenvalue weighted by molar-refractivity contribution is 0.101. The Morgan fingerprint density at radius 1 is 1.25 bits per heavy atom. The molecule has 2 rings (SSSR count). The minimum Gasteiger partial charge on any atom is -0.341 e. The molecule has 0 aliphatic carbocycles. The van der Waals surface area contributed by atoms with Gasteiger partial charge in [0.15, 0.2) is 5.78 Å². The largest absolute Gasteiger partial charge is 0.341 e. The van der Waals surface area contributed by atoms with Crippen molar-refractivity contribution in [1.29, 1.82) is 0 Å². The molecule has 0 aliphatic heterocycles. The third-order valence-corrected chi connectivity index (χ3v) is 3.98. The summed E-state index contributed by atoms with van der Waals surface area (Å²) >= 11 is 0. The second kappa shape index (κ2) is 6.21. The molecule has 0 atom stereocenters. The van der Waals surface area contributed by atoms with Crippen molar-refractivity contribution in [2.75, 3.05) is 0 Å². The number of unbranched alkanes of at least 4 members (excludes halogenated alkanes) is 3. The summed E-state index contributed by atoms with van der Waals surface area (Å²) < 4.78 is 0. The molecule has 3 nitrogen and oxygen atoms in total. The van der Waals surface area contributed by atoms with Crippen LogP contribution < -0.4 is 0 Å². The maximum Gasteiger partial charge on any atom is 0.161 e. The molecule has 20 heavy (non-hydrogen) atoms. The Kier molecular flexibility index (Phi) is 4.58. The number of aromatic amines is 1. The van der Waals surface area contributed by atoms with Crippen LogP contribution in [0.2, 0.25) is 0 Å². The average molecular weight is 272 g/mol. The zero-order chi connectivity index (χ0) is 14.7. The molecule has 2 aromatic rings. The van der Waals surface area contributed by atoms with E-state index in [-0.39, 0.29) is 5.78 Å². The van der Waals surface area contributed by atoms with E-state index in [9.17, 15) is 4.79 Å². The summed E-state index contributed by atoms with van der Waals surface area (Å²) in [6.07, 6.45) is 5.88. The number of fused-ring (bicyclic) bond motifs is 1. The van der Waals surface area contributed by atoms with E-state index in [1.165, 1.54) is 24.8 Å². The van der Waals surface area contributed by atoms with Crippen LogP contribution in [0.25, 0.3) is 11.0 Å². The second-order valence-electron chi connectivity index (χ2n) is 5.64. The zero-order valence-corrected chi connectivity index (χ0v) is 13.0. The number of carbonyl (C=O) groups is 1. The summed E-state index contributed by atoms with van der Waals surface area (Å²) in [4.78, 5) is 19.8. The number of benzene rings is 1. The normalized spacial score (nSPS) is 11.2. The van der Waals surface area contributed by atoms with Crippen LogP contribution in [0.4, 0.5) is 0 Å². The molecule has 0 fully saturated rings. The second-order valence-corrected chi connectivity index (χ2v) is 5.64. The first-order valence-electron chi connectivity index (χ1n) is 7.54. The number of Topliss-reactive ketones (excluding diaryl/α,β-unsaturated/α-hetero) is 1. The Balaban J connectivity index is 2.34. The third kappa shape index (κ3) is 2.92. The zero-order valence-electron chi connectivity index (χ0n) is 13.0. The van der Waals surface area contributed by atoms with Gasteiger partial charge in [-0.05, 0) is 44.4 Å². The predicted molar refractivity (Wildman–Crippen MR) is 83.4 cm³/mol. The van der Waals surface area contributed by atoms with E-state index in [4.69, 9.17) is 4.98 Å². The SMILES string of the molecule is CCCCCCc1nc2c(C)c(C)cc(C(C)=O)c2[nH]1. The van der Waals surface area contributed by atoms with E-state index in [1.807, 2.05) is 13.0 Å². The van der Waals surface area contributed by atoms with Crippen molar-refractivity contribution in [3.8, 4) is 0 Å². The van der Waals surface area contributed by atoms with Crippen molar-refractivity contribution in [2.45, 2.75) is 59.8 Å². The van der Waals surface area contributed by atoms with E-state index >= 15 is 0 Å². The fourth-order valence-corrected chi connectivity index (χ4v) is 2.59. The van der Waals surface area contributed by atoms with Gasteiger partial charge in [-0.1, -0.05) is 26.2 Å². The third-order valence-electron chi connectivity index (χ3n) is 3.98. The summed E-state index contributed by atoms with van der Waals surface area (Å²) in [6.45, 7) is 7.94. The van der Waals surface area contributed by atoms with Gasteiger partial charge >= 0.3 is 0 Å². The molecular weight excluding hydrogens is 248 g/mol. The first kappa shape index (κ1) is 14.8. The number of hydrogen-bond acceptors (Lipinski definition) is 2. The molecule has 0 radical (unpaired) electrons. The van der Waals surface area contributed by atoms with Gasteiger partial charge in [-0.2, -0.15) is 0 Å². The van der Waals surface area contributed by atoms with E-state index < -0.39 is 0 Å². The van der Waals surface area contributed by atoms with Crippen LogP contribution >= 0.6 is 0 Å². The van der Waals surface area contributed by atoms with E-state index in [1.54, 1.807) is 6.92 Å². The summed E-state index contributed by atoms with van der Waals surface area (Å²) in [5.74, 6) is 1.10. The van der Waals surface area contributed by atoms with Crippen molar-refractivity contribution in [3.05, 3.63) is 28.6 Å². The highest BCUT2D eigenvalue weighted by Crippen LogP contribution is 2.24. The lowest BCUT2D eigenvalue weighted by atomic mass is 10.0. The quantitative estimate of drug-likeness (QED) is 0.621. The molecule has 1 N–H and O–H groups in total. The van der Waals surface area contributed by atoms with Crippen molar-refractivity contribution < 1.29 is 4.79 Å². The molecule has 3 heteroatoms. The number of rotatable bonds is 6. The van der Waals surface area contributed by atoms with E-state index in [2.05, 4.69) is 18.8 Å². The molecule has 0 spiro atoms. The van der Waals surface area contributed by atoms with Crippen LogP contribution in [0.5, 0.6) is 0 Å². The average Bonchev–Trinajstić information content (AvgIpc) is 2.83. The van der Waals surface area contributed by atoms with Crippen LogP contribution in [-0.2, 0) is 6.42 Å². The lowest BCUT2D eigenvalue weighted by Crippen LogP contribution is -1.97. The van der Waals surface area contributed by atoms with Gasteiger partial charge in [-0.25, -0.2) is 4.98 Å². The van der Waals surface area contributed by atoms with Gasteiger partial charge in [0.2, 0.25) is 0 Å². The minimum atomic E-state index is 0.0966. The molecule has 1 heterocycles. The molecule has 1 aromatic heterocycles. The fraction of sp³-hybridized carbons (Fsp3) is 0.529. The van der Waals surface area contributed by atoms with Crippen molar-refractivity contribution in [3.63, 3.8) is 0 Å². The van der Waals surface area contributed by atoms with Gasteiger partial charge in [0.25, 0.3) is 0 Å². The van der Waals surface area contributed by atoms with Crippen molar-refractivity contribution in [1.82, 2.24) is 9.97 Å². The van der Waals surface area contributed by atoms with Gasteiger partial charge in [-0.3, -0.25) is 4.79 Å². The number of H-pyrrole nitrogens is 1. The number of ketones is 1. The monoisotopic (exact) mass is 272 g/mol. The summed E-state index contributed by atoms with van der Waals surface area (Å²) in [6, 6.07) is 1.97. The number of aryl methyl sites for hydroxylation is 3. The summed E-state index contributed by atoms with van der Waals surface area (Å²) in [5.41, 5.74) is 4.93. The van der Waals surface area contributed by atoms with Crippen molar-refractivity contribution in [2.24, 2.45) is 0 Å². The minimum absolute atomic E-state index is 0.0966. The fourth-order valence-electron chi connectivity index (χ4n) is 2.59. The smallest absolute Gasteiger partial charge is 0.161 e. The van der Waals surface area contributed by atoms with Crippen LogP contribution in [0.3, 0.4) is 0 Å². The highest BCUT2D eigenvalue weighted by molar-refractivity contribution is 6.06. The molecule has 0 saturated carbocycles. The van der Waals surface area contributed by atoms with Gasteiger partial charge < -0.3 is 4.98 Å². The number of hydrogen-bond donors (Lipinski definition) is 1. The van der Waals surface area contributed by atoms with Crippen LogP contribution in [0.15, 0.2) is 6.07 Å². The molecule has 0 aliphatic rings. The Morgan fingerprint density at radius 2 is 2.00 bits per heavy atom.